The molecule has 0 aliphatic rings. The lowest BCUT2D eigenvalue weighted by Crippen LogP contribution is -2.23. The van der Waals surface area contributed by atoms with E-state index < -0.39 is 10.0 Å². The van der Waals surface area contributed by atoms with E-state index in [0.29, 0.717) is 11.4 Å². The number of aromatic nitrogens is 2. The number of nitrogens with zero attached hydrogens (tertiary/aromatic N) is 2. The smallest absolute Gasteiger partial charge is 0.244 e. The van der Waals surface area contributed by atoms with Crippen LogP contribution in [0.4, 0.5) is 0 Å². The molecule has 3 rings (SSSR count). The van der Waals surface area contributed by atoms with E-state index in [0.717, 1.165) is 10.4 Å². The van der Waals surface area contributed by atoms with Crippen molar-refractivity contribution in [2.75, 3.05) is 7.11 Å². The summed E-state index contributed by atoms with van der Waals surface area (Å²) in [5, 5.41) is 6.18. The lowest BCUT2D eigenvalue weighted by atomic mass is 10.2. The number of thiophene rings is 1. The van der Waals surface area contributed by atoms with Crippen LogP contribution < -0.4 is 9.46 Å². The van der Waals surface area contributed by atoms with Crippen molar-refractivity contribution in [1.29, 1.82) is 0 Å². The normalized spacial score (nSPS) is 11.6. The van der Waals surface area contributed by atoms with Crippen LogP contribution in [0.1, 0.15) is 5.56 Å². The standard InChI is InChI=1S/C16H17N3O3S2/c1-19-11-15(16(18-19)14-7-4-8-23-14)24(20,21)17-10-12-5-3-6-13(9-12)22-2/h3-9,11,17H,10H2,1-2H3. The first kappa shape index (κ1) is 16.7. The van der Waals surface area contributed by atoms with Gasteiger partial charge in [-0.15, -0.1) is 11.3 Å². The molecule has 0 aliphatic heterocycles. The molecule has 0 spiro atoms. The van der Waals surface area contributed by atoms with E-state index >= 15 is 0 Å². The first-order valence-electron chi connectivity index (χ1n) is 7.20. The summed E-state index contributed by atoms with van der Waals surface area (Å²) in [6.45, 7) is 0.179. The van der Waals surface area contributed by atoms with Gasteiger partial charge >= 0.3 is 0 Å². The quantitative estimate of drug-likeness (QED) is 0.731. The molecular weight excluding hydrogens is 346 g/mol. The second-order valence-electron chi connectivity index (χ2n) is 5.17. The Morgan fingerprint density at radius 1 is 1.29 bits per heavy atom. The highest BCUT2D eigenvalue weighted by molar-refractivity contribution is 7.89. The average molecular weight is 363 g/mol. The second kappa shape index (κ2) is 6.76. The molecule has 0 amide bonds. The highest BCUT2D eigenvalue weighted by Crippen LogP contribution is 2.29. The summed E-state index contributed by atoms with van der Waals surface area (Å²) < 4.78 is 34.7. The van der Waals surface area contributed by atoms with E-state index in [2.05, 4.69) is 9.82 Å². The Labute approximate surface area is 144 Å². The van der Waals surface area contributed by atoms with Crippen molar-refractivity contribution in [2.45, 2.75) is 11.4 Å². The van der Waals surface area contributed by atoms with Crippen molar-refractivity contribution < 1.29 is 13.2 Å². The Kier molecular flexibility index (Phi) is 4.70. The number of hydrogen-bond acceptors (Lipinski definition) is 5. The van der Waals surface area contributed by atoms with Crippen LogP contribution in [0.2, 0.25) is 0 Å². The average Bonchev–Trinajstić information content (AvgIpc) is 3.22. The third-order valence-electron chi connectivity index (χ3n) is 3.44. The summed E-state index contributed by atoms with van der Waals surface area (Å²) >= 11 is 1.45. The fraction of sp³-hybridized carbons (Fsp3) is 0.188. The van der Waals surface area contributed by atoms with Crippen LogP contribution in [0, 0.1) is 0 Å². The van der Waals surface area contributed by atoms with Crippen molar-refractivity contribution >= 4 is 21.4 Å². The number of ether oxygens (including phenoxy) is 1. The minimum Gasteiger partial charge on any atom is -0.497 e. The predicted octanol–water partition coefficient (Wildman–Crippen LogP) is 2.64. The molecule has 0 aliphatic carbocycles. The van der Waals surface area contributed by atoms with Gasteiger partial charge in [0.05, 0.1) is 12.0 Å². The lowest BCUT2D eigenvalue weighted by molar-refractivity contribution is 0.414. The monoisotopic (exact) mass is 363 g/mol. The summed E-state index contributed by atoms with van der Waals surface area (Å²) in [5.41, 5.74) is 1.28. The van der Waals surface area contributed by atoms with Crippen molar-refractivity contribution in [3.05, 3.63) is 53.5 Å². The second-order valence-corrected chi connectivity index (χ2v) is 7.85. The molecule has 6 nitrogen and oxygen atoms in total. The van der Waals surface area contributed by atoms with E-state index in [1.807, 2.05) is 35.7 Å². The molecule has 0 saturated carbocycles. The fourth-order valence-electron chi connectivity index (χ4n) is 2.29. The van der Waals surface area contributed by atoms with E-state index in [4.69, 9.17) is 4.74 Å². The summed E-state index contributed by atoms with van der Waals surface area (Å²) in [5.74, 6) is 0.687. The van der Waals surface area contributed by atoms with Crippen LogP contribution in [-0.4, -0.2) is 25.3 Å². The Morgan fingerprint density at radius 2 is 2.12 bits per heavy atom. The van der Waals surface area contributed by atoms with Crippen molar-refractivity contribution in [2.24, 2.45) is 7.05 Å². The number of methoxy groups -OCH3 is 1. The molecular formula is C16H17N3O3S2. The Morgan fingerprint density at radius 3 is 2.83 bits per heavy atom. The van der Waals surface area contributed by atoms with Gasteiger partial charge in [0.25, 0.3) is 0 Å². The molecule has 0 fully saturated rings. The number of rotatable bonds is 6. The summed E-state index contributed by atoms with van der Waals surface area (Å²) in [7, 11) is -0.399. The molecule has 2 heterocycles. The lowest BCUT2D eigenvalue weighted by Gasteiger charge is -2.07. The molecule has 1 aromatic carbocycles. The van der Waals surface area contributed by atoms with Crippen LogP contribution in [-0.2, 0) is 23.6 Å². The first-order valence-corrected chi connectivity index (χ1v) is 9.56. The van der Waals surface area contributed by atoms with Crippen LogP contribution in [0.15, 0.2) is 52.9 Å². The molecule has 1 N–H and O–H groups in total. The zero-order valence-electron chi connectivity index (χ0n) is 13.3. The van der Waals surface area contributed by atoms with Gasteiger partial charge in [0.1, 0.15) is 16.3 Å². The third kappa shape index (κ3) is 3.50. The van der Waals surface area contributed by atoms with Crippen molar-refractivity contribution in [3.8, 4) is 16.3 Å². The Bertz CT molecular complexity index is 931. The van der Waals surface area contributed by atoms with Crippen LogP contribution in [0.3, 0.4) is 0 Å². The van der Waals surface area contributed by atoms with Gasteiger partial charge in [-0.2, -0.15) is 5.10 Å². The number of aryl methyl sites for hydroxylation is 1. The van der Waals surface area contributed by atoms with Crippen molar-refractivity contribution in [1.82, 2.24) is 14.5 Å². The topological polar surface area (TPSA) is 73.2 Å². The largest absolute Gasteiger partial charge is 0.497 e. The number of sulfonamides is 1. The molecule has 0 unspecified atom stereocenters. The summed E-state index contributed by atoms with van der Waals surface area (Å²) in [4.78, 5) is 0.993. The summed E-state index contributed by atoms with van der Waals surface area (Å²) in [6.07, 6.45) is 1.52. The zero-order chi connectivity index (χ0) is 17.2. The van der Waals surface area contributed by atoms with E-state index in [1.54, 1.807) is 20.2 Å². The maximum absolute atomic E-state index is 12.7. The molecule has 0 atom stereocenters. The van der Waals surface area contributed by atoms with E-state index in [-0.39, 0.29) is 11.4 Å². The zero-order valence-corrected chi connectivity index (χ0v) is 14.9. The number of nitrogens with one attached hydrogen (secondary N) is 1. The van der Waals surface area contributed by atoms with Gasteiger partial charge in [0, 0.05) is 19.8 Å². The maximum atomic E-state index is 12.7. The van der Waals surface area contributed by atoms with Crippen molar-refractivity contribution in [3.63, 3.8) is 0 Å². The molecule has 0 bridgehead atoms. The van der Waals surface area contributed by atoms with Gasteiger partial charge in [-0.3, -0.25) is 4.68 Å². The molecule has 126 valence electrons. The SMILES string of the molecule is COc1cccc(CNS(=O)(=O)c2cn(C)nc2-c2cccs2)c1. The summed E-state index contributed by atoms with van der Waals surface area (Å²) in [6, 6.07) is 11.0. The van der Waals surface area contributed by atoms with E-state index in [9.17, 15) is 8.42 Å². The van der Waals surface area contributed by atoms with Gasteiger partial charge in [-0.1, -0.05) is 18.2 Å². The molecule has 2 aromatic heterocycles. The molecule has 3 aromatic rings. The fourth-order valence-corrected chi connectivity index (χ4v) is 4.28. The highest BCUT2D eigenvalue weighted by atomic mass is 32.2. The Balaban J connectivity index is 1.86. The van der Waals surface area contributed by atoms with Crippen LogP contribution in [0.25, 0.3) is 10.6 Å². The van der Waals surface area contributed by atoms with Gasteiger partial charge < -0.3 is 4.74 Å². The molecule has 0 saturated heterocycles. The third-order valence-corrected chi connectivity index (χ3v) is 5.72. The first-order chi connectivity index (χ1) is 11.5. The van der Waals surface area contributed by atoms with Crippen LogP contribution >= 0.6 is 11.3 Å². The minimum atomic E-state index is -3.68. The molecule has 8 heteroatoms. The van der Waals surface area contributed by atoms with Gasteiger partial charge in [0.2, 0.25) is 10.0 Å². The van der Waals surface area contributed by atoms with Gasteiger partial charge in [-0.25, -0.2) is 13.1 Å². The molecule has 0 radical (unpaired) electrons. The van der Waals surface area contributed by atoms with Gasteiger partial charge in [0.15, 0.2) is 0 Å². The predicted molar refractivity (Wildman–Crippen MR) is 93.5 cm³/mol. The van der Waals surface area contributed by atoms with E-state index in [1.165, 1.54) is 22.2 Å². The maximum Gasteiger partial charge on any atom is 0.244 e. The number of benzene rings is 1. The van der Waals surface area contributed by atoms with Crippen LogP contribution in [0.5, 0.6) is 5.75 Å². The minimum absolute atomic E-state index is 0.176. The van der Waals surface area contributed by atoms with Gasteiger partial charge in [-0.05, 0) is 29.1 Å². The molecule has 24 heavy (non-hydrogen) atoms. The highest BCUT2D eigenvalue weighted by Gasteiger charge is 2.23. The number of hydrogen-bond donors (Lipinski definition) is 1. The Hall–Kier alpha value is -2.16.